The molecular weight excluding hydrogens is 295 g/mol. The summed E-state index contributed by atoms with van der Waals surface area (Å²) in [4.78, 5) is 0.825. The molecule has 1 heterocycles. The first-order valence-corrected chi connectivity index (χ1v) is 7.43. The van der Waals surface area contributed by atoms with Crippen molar-refractivity contribution in [3.63, 3.8) is 0 Å². The molecule has 0 aliphatic carbocycles. The molecule has 1 atom stereocenters. The van der Waals surface area contributed by atoms with Crippen LogP contribution < -0.4 is 0 Å². The Bertz CT molecular complexity index is 753. The minimum absolute atomic E-state index is 0.262. The normalized spacial score (nSPS) is 12.8. The lowest BCUT2D eigenvalue weighted by Crippen LogP contribution is -1.99. The lowest BCUT2D eigenvalue weighted by atomic mass is 10.1. The van der Waals surface area contributed by atoms with Crippen LogP contribution in [0.1, 0.15) is 16.5 Å². The van der Waals surface area contributed by atoms with Gasteiger partial charge < -0.3 is 5.11 Å². The SMILES string of the molecule is OC(Cc1ccccc1Cl)c1cc2cc(F)ccc2s1. The molecule has 20 heavy (non-hydrogen) atoms. The number of hydrogen-bond donors (Lipinski definition) is 1. The maximum Gasteiger partial charge on any atom is 0.123 e. The highest BCUT2D eigenvalue weighted by Gasteiger charge is 2.14. The summed E-state index contributed by atoms with van der Waals surface area (Å²) in [5.41, 5.74) is 0.908. The molecule has 0 fully saturated rings. The highest BCUT2D eigenvalue weighted by Crippen LogP contribution is 2.32. The monoisotopic (exact) mass is 306 g/mol. The highest BCUT2D eigenvalue weighted by molar-refractivity contribution is 7.19. The van der Waals surface area contributed by atoms with Crippen molar-refractivity contribution in [2.75, 3.05) is 0 Å². The van der Waals surface area contributed by atoms with Gasteiger partial charge in [0.2, 0.25) is 0 Å². The largest absolute Gasteiger partial charge is 0.387 e. The van der Waals surface area contributed by atoms with Gasteiger partial charge in [0, 0.05) is 21.0 Å². The van der Waals surface area contributed by atoms with Crippen molar-refractivity contribution < 1.29 is 9.50 Å². The lowest BCUT2D eigenvalue weighted by Gasteiger charge is -2.09. The molecule has 0 spiro atoms. The van der Waals surface area contributed by atoms with Crippen LogP contribution in [0.2, 0.25) is 5.02 Å². The van der Waals surface area contributed by atoms with E-state index in [1.807, 2.05) is 30.3 Å². The Morgan fingerprint density at radius 2 is 1.95 bits per heavy atom. The van der Waals surface area contributed by atoms with Gasteiger partial charge >= 0.3 is 0 Å². The molecule has 4 heteroatoms. The lowest BCUT2D eigenvalue weighted by molar-refractivity contribution is 0.182. The van der Waals surface area contributed by atoms with Crippen LogP contribution in [0.15, 0.2) is 48.5 Å². The number of thiophene rings is 1. The smallest absolute Gasteiger partial charge is 0.123 e. The molecule has 0 saturated heterocycles. The summed E-state index contributed by atoms with van der Waals surface area (Å²) in [6.07, 6.45) is -0.176. The molecule has 1 unspecified atom stereocenters. The summed E-state index contributed by atoms with van der Waals surface area (Å²) >= 11 is 7.58. The summed E-state index contributed by atoms with van der Waals surface area (Å²) in [7, 11) is 0. The summed E-state index contributed by atoms with van der Waals surface area (Å²) in [6, 6.07) is 14.0. The van der Waals surface area contributed by atoms with E-state index >= 15 is 0 Å². The Kier molecular flexibility index (Phi) is 3.74. The molecule has 0 aliphatic heterocycles. The van der Waals surface area contributed by atoms with E-state index in [9.17, 15) is 9.50 Å². The van der Waals surface area contributed by atoms with E-state index in [1.54, 1.807) is 6.07 Å². The van der Waals surface area contributed by atoms with E-state index < -0.39 is 6.10 Å². The first-order chi connectivity index (χ1) is 9.63. The van der Waals surface area contributed by atoms with Gasteiger partial charge in [0.15, 0.2) is 0 Å². The van der Waals surface area contributed by atoms with Gasteiger partial charge in [0.05, 0.1) is 6.10 Å². The van der Waals surface area contributed by atoms with Gasteiger partial charge in [-0.05, 0) is 41.3 Å². The molecule has 1 nitrogen and oxygen atoms in total. The molecule has 1 N–H and O–H groups in total. The van der Waals surface area contributed by atoms with Crippen molar-refractivity contribution in [2.45, 2.75) is 12.5 Å². The Hall–Kier alpha value is -1.42. The number of halogens is 2. The number of rotatable bonds is 3. The molecule has 2 aromatic carbocycles. The van der Waals surface area contributed by atoms with Crippen LogP contribution in [0.3, 0.4) is 0 Å². The minimum Gasteiger partial charge on any atom is -0.387 e. The van der Waals surface area contributed by atoms with Gasteiger partial charge in [-0.1, -0.05) is 29.8 Å². The first kappa shape index (κ1) is 13.6. The fraction of sp³-hybridized carbons (Fsp3) is 0.125. The van der Waals surface area contributed by atoms with Gasteiger partial charge in [-0.25, -0.2) is 4.39 Å². The van der Waals surface area contributed by atoms with Crippen LogP contribution in [0.25, 0.3) is 10.1 Å². The van der Waals surface area contributed by atoms with Crippen molar-refractivity contribution in [2.24, 2.45) is 0 Å². The molecule has 3 rings (SSSR count). The van der Waals surface area contributed by atoms with Crippen molar-refractivity contribution in [1.29, 1.82) is 0 Å². The summed E-state index contributed by atoms with van der Waals surface area (Å²) in [5, 5.41) is 11.8. The molecular formula is C16H12ClFOS. The van der Waals surface area contributed by atoms with Crippen LogP contribution in [-0.2, 0) is 6.42 Å². The fourth-order valence-electron chi connectivity index (χ4n) is 2.17. The highest BCUT2D eigenvalue weighted by atomic mass is 35.5. The predicted molar refractivity (Wildman–Crippen MR) is 81.9 cm³/mol. The Balaban J connectivity index is 1.89. The third-order valence-corrected chi connectivity index (χ3v) is 4.78. The minimum atomic E-state index is -0.629. The molecule has 102 valence electrons. The Morgan fingerprint density at radius 1 is 1.15 bits per heavy atom. The number of benzene rings is 2. The number of aliphatic hydroxyl groups is 1. The van der Waals surface area contributed by atoms with E-state index in [1.165, 1.54) is 23.5 Å². The fourth-order valence-corrected chi connectivity index (χ4v) is 3.42. The topological polar surface area (TPSA) is 20.2 Å². The molecule has 0 aliphatic rings. The zero-order valence-electron chi connectivity index (χ0n) is 10.5. The third kappa shape index (κ3) is 2.70. The second-order valence-electron chi connectivity index (χ2n) is 4.64. The van der Waals surface area contributed by atoms with E-state index in [0.717, 1.165) is 20.5 Å². The molecule has 1 aromatic heterocycles. The maximum absolute atomic E-state index is 13.2. The quantitative estimate of drug-likeness (QED) is 0.724. The van der Waals surface area contributed by atoms with Crippen LogP contribution >= 0.6 is 22.9 Å². The van der Waals surface area contributed by atoms with Crippen LogP contribution in [-0.4, -0.2) is 5.11 Å². The predicted octanol–water partition coefficient (Wildman–Crippen LogP) is 4.97. The van der Waals surface area contributed by atoms with E-state index in [4.69, 9.17) is 11.6 Å². The maximum atomic E-state index is 13.2. The number of aliphatic hydroxyl groups excluding tert-OH is 1. The van der Waals surface area contributed by atoms with Crippen molar-refractivity contribution in [3.05, 3.63) is 69.8 Å². The van der Waals surface area contributed by atoms with Crippen LogP contribution in [0, 0.1) is 5.82 Å². The van der Waals surface area contributed by atoms with E-state index in [2.05, 4.69) is 0 Å². The zero-order valence-corrected chi connectivity index (χ0v) is 12.1. The zero-order chi connectivity index (χ0) is 14.1. The molecule has 0 bridgehead atoms. The number of hydrogen-bond acceptors (Lipinski definition) is 2. The van der Waals surface area contributed by atoms with E-state index in [0.29, 0.717) is 11.4 Å². The Labute approximate surface area is 125 Å². The second-order valence-corrected chi connectivity index (χ2v) is 6.16. The Morgan fingerprint density at radius 3 is 2.75 bits per heavy atom. The van der Waals surface area contributed by atoms with E-state index in [-0.39, 0.29) is 5.82 Å². The summed E-state index contributed by atoms with van der Waals surface area (Å²) in [6.45, 7) is 0. The average molecular weight is 307 g/mol. The third-order valence-electron chi connectivity index (χ3n) is 3.20. The molecule has 3 aromatic rings. The molecule has 0 saturated carbocycles. The molecule has 0 radical (unpaired) electrons. The summed E-state index contributed by atoms with van der Waals surface area (Å²) in [5.74, 6) is -0.262. The van der Waals surface area contributed by atoms with Crippen molar-refractivity contribution in [3.8, 4) is 0 Å². The average Bonchev–Trinajstić information content (AvgIpc) is 2.84. The van der Waals surface area contributed by atoms with Gasteiger partial charge in [-0.15, -0.1) is 11.3 Å². The standard InChI is InChI=1S/C16H12ClFOS/c17-13-4-2-1-3-10(13)8-14(19)16-9-11-7-12(18)5-6-15(11)20-16/h1-7,9,14,19H,8H2. The van der Waals surface area contributed by atoms with Crippen molar-refractivity contribution >= 4 is 33.0 Å². The first-order valence-electron chi connectivity index (χ1n) is 6.24. The number of fused-ring (bicyclic) bond motifs is 1. The van der Waals surface area contributed by atoms with Gasteiger partial charge in [-0.3, -0.25) is 0 Å². The van der Waals surface area contributed by atoms with Crippen LogP contribution in [0.4, 0.5) is 4.39 Å². The summed E-state index contributed by atoms with van der Waals surface area (Å²) < 4.78 is 14.1. The van der Waals surface area contributed by atoms with Gasteiger partial charge in [0.1, 0.15) is 5.82 Å². The second kappa shape index (κ2) is 5.52. The van der Waals surface area contributed by atoms with Crippen LogP contribution in [0.5, 0.6) is 0 Å². The molecule has 0 amide bonds. The van der Waals surface area contributed by atoms with Gasteiger partial charge in [-0.2, -0.15) is 0 Å². The van der Waals surface area contributed by atoms with Crippen molar-refractivity contribution in [1.82, 2.24) is 0 Å². The van der Waals surface area contributed by atoms with Gasteiger partial charge in [0.25, 0.3) is 0 Å².